The topological polar surface area (TPSA) is 50.8 Å². The largest absolute Gasteiger partial charge is 0.468 e. The highest BCUT2D eigenvalue weighted by atomic mass is 16.5. The van der Waals surface area contributed by atoms with Crippen LogP contribution in [0.4, 0.5) is 0 Å². The van der Waals surface area contributed by atoms with Gasteiger partial charge in [0.25, 0.3) is 0 Å². The number of carbonyl (C=O) groups excluding carboxylic acids is 1. The fourth-order valence-corrected chi connectivity index (χ4v) is 2.31. The van der Waals surface area contributed by atoms with Gasteiger partial charge in [-0.2, -0.15) is 0 Å². The maximum absolute atomic E-state index is 11.5. The Morgan fingerprint density at radius 1 is 1.53 bits per heavy atom. The second kappa shape index (κ2) is 6.33. The zero-order valence-corrected chi connectivity index (χ0v) is 11.3. The molecule has 2 atom stereocenters. The second-order valence-electron chi connectivity index (χ2n) is 4.86. The lowest BCUT2D eigenvalue weighted by Gasteiger charge is -2.40. The van der Waals surface area contributed by atoms with Crippen LogP contribution in [0, 0.1) is 0 Å². The van der Waals surface area contributed by atoms with Crippen LogP contribution in [0.2, 0.25) is 0 Å². The van der Waals surface area contributed by atoms with Crippen LogP contribution in [0.15, 0.2) is 0 Å². The molecule has 1 heterocycles. The molecule has 5 heteroatoms. The minimum Gasteiger partial charge on any atom is -0.468 e. The number of hydrogen-bond acceptors (Lipinski definition) is 5. The molecule has 1 saturated heterocycles. The molecular formula is C12H24N2O3. The van der Waals surface area contributed by atoms with Crippen LogP contribution in [-0.2, 0) is 14.3 Å². The Labute approximate surface area is 103 Å². The summed E-state index contributed by atoms with van der Waals surface area (Å²) < 4.78 is 10.3. The van der Waals surface area contributed by atoms with Gasteiger partial charge in [-0.05, 0) is 33.4 Å². The van der Waals surface area contributed by atoms with Gasteiger partial charge in [0, 0.05) is 20.2 Å². The monoisotopic (exact) mass is 244 g/mol. The normalized spacial score (nSPS) is 27.8. The van der Waals surface area contributed by atoms with E-state index in [1.54, 1.807) is 14.2 Å². The van der Waals surface area contributed by atoms with Crippen LogP contribution in [0.1, 0.15) is 19.8 Å². The Kier molecular flexibility index (Phi) is 5.36. The first-order valence-corrected chi connectivity index (χ1v) is 6.07. The van der Waals surface area contributed by atoms with Crippen molar-refractivity contribution in [3.05, 3.63) is 0 Å². The highest BCUT2D eigenvalue weighted by Crippen LogP contribution is 2.23. The molecule has 0 radical (unpaired) electrons. The van der Waals surface area contributed by atoms with Gasteiger partial charge in [-0.15, -0.1) is 0 Å². The third-order valence-corrected chi connectivity index (χ3v) is 3.51. The molecule has 0 aromatic heterocycles. The van der Waals surface area contributed by atoms with Crippen LogP contribution < -0.4 is 5.32 Å². The lowest BCUT2D eigenvalue weighted by molar-refractivity contribution is -0.144. The molecule has 1 fully saturated rings. The zero-order chi connectivity index (χ0) is 12.9. The van der Waals surface area contributed by atoms with E-state index in [1.807, 2.05) is 0 Å². The van der Waals surface area contributed by atoms with Gasteiger partial charge in [0.15, 0.2) is 0 Å². The number of hydrogen-bond donors (Lipinski definition) is 1. The molecule has 17 heavy (non-hydrogen) atoms. The predicted molar refractivity (Wildman–Crippen MR) is 66.0 cm³/mol. The van der Waals surface area contributed by atoms with E-state index < -0.39 is 0 Å². The highest BCUT2D eigenvalue weighted by Gasteiger charge is 2.32. The van der Waals surface area contributed by atoms with Crippen molar-refractivity contribution in [1.29, 1.82) is 0 Å². The van der Waals surface area contributed by atoms with Crippen molar-refractivity contribution in [2.45, 2.75) is 31.4 Å². The Morgan fingerprint density at radius 3 is 2.76 bits per heavy atom. The number of likely N-dealkylation sites (N-methyl/N-ethyl adjacent to an activating group) is 1. The lowest BCUT2D eigenvalue weighted by Crippen LogP contribution is -2.53. The van der Waals surface area contributed by atoms with E-state index in [-0.39, 0.29) is 17.6 Å². The molecule has 1 aliphatic rings. The number of esters is 1. The van der Waals surface area contributed by atoms with Crippen molar-refractivity contribution in [3.63, 3.8) is 0 Å². The van der Waals surface area contributed by atoms with Gasteiger partial charge in [0.2, 0.25) is 0 Å². The molecular weight excluding hydrogens is 220 g/mol. The number of methoxy groups -OCH3 is 2. The SMILES string of the molecule is CNC(CN1CCCC(C)(OC)C1)C(=O)OC. The molecule has 0 bridgehead atoms. The van der Waals surface area contributed by atoms with Gasteiger partial charge >= 0.3 is 5.97 Å². The molecule has 0 aromatic carbocycles. The van der Waals surface area contributed by atoms with E-state index >= 15 is 0 Å². The number of likely N-dealkylation sites (tertiary alicyclic amines) is 1. The van der Waals surface area contributed by atoms with Crippen LogP contribution in [-0.4, -0.2) is 63.4 Å². The molecule has 100 valence electrons. The molecule has 0 aliphatic carbocycles. The van der Waals surface area contributed by atoms with Gasteiger partial charge < -0.3 is 14.8 Å². The Balaban J connectivity index is 2.52. The summed E-state index contributed by atoms with van der Waals surface area (Å²) >= 11 is 0. The highest BCUT2D eigenvalue weighted by molar-refractivity contribution is 5.75. The molecule has 1 aliphatic heterocycles. The maximum atomic E-state index is 11.5. The summed E-state index contributed by atoms with van der Waals surface area (Å²) in [6.07, 6.45) is 2.17. The quantitative estimate of drug-likeness (QED) is 0.703. The zero-order valence-electron chi connectivity index (χ0n) is 11.3. The van der Waals surface area contributed by atoms with E-state index in [9.17, 15) is 4.79 Å². The fourth-order valence-electron chi connectivity index (χ4n) is 2.31. The van der Waals surface area contributed by atoms with E-state index in [0.717, 1.165) is 25.9 Å². The maximum Gasteiger partial charge on any atom is 0.324 e. The van der Waals surface area contributed by atoms with Crippen molar-refractivity contribution in [2.75, 3.05) is 40.9 Å². The predicted octanol–water partition coefficient (Wildman–Crippen LogP) is 0.248. The first-order chi connectivity index (χ1) is 8.04. The summed E-state index contributed by atoms with van der Waals surface area (Å²) in [5.74, 6) is -0.211. The molecule has 0 amide bonds. The van der Waals surface area contributed by atoms with Crippen molar-refractivity contribution < 1.29 is 14.3 Å². The first-order valence-electron chi connectivity index (χ1n) is 6.07. The van der Waals surface area contributed by atoms with Crippen LogP contribution in [0.5, 0.6) is 0 Å². The number of nitrogens with zero attached hydrogens (tertiary/aromatic N) is 1. The second-order valence-corrected chi connectivity index (χ2v) is 4.86. The minimum atomic E-state index is -0.265. The van der Waals surface area contributed by atoms with E-state index in [4.69, 9.17) is 9.47 Å². The number of ether oxygens (including phenoxy) is 2. The van der Waals surface area contributed by atoms with Crippen molar-refractivity contribution in [1.82, 2.24) is 10.2 Å². The lowest BCUT2D eigenvalue weighted by atomic mass is 9.94. The van der Waals surface area contributed by atoms with Crippen molar-refractivity contribution in [3.8, 4) is 0 Å². The number of nitrogens with one attached hydrogen (secondary N) is 1. The van der Waals surface area contributed by atoms with Crippen LogP contribution in [0.25, 0.3) is 0 Å². The summed E-state index contributed by atoms with van der Waals surface area (Å²) in [6.45, 7) is 4.65. The summed E-state index contributed by atoms with van der Waals surface area (Å²) in [4.78, 5) is 13.8. The molecule has 0 spiro atoms. The third kappa shape index (κ3) is 3.94. The number of carbonyl (C=O) groups is 1. The summed E-state index contributed by atoms with van der Waals surface area (Å²) in [5, 5.41) is 2.99. The molecule has 1 N–H and O–H groups in total. The van der Waals surface area contributed by atoms with Gasteiger partial charge in [0.1, 0.15) is 6.04 Å². The minimum absolute atomic E-state index is 0.0906. The molecule has 0 aromatic rings. The third-order valence-electron chi connectivity index (χ3n) is 3.51. The van der Waals surface area contributed by atoms with E-state index in [2.05, 4.69) is 17.1 Å². The Morgan fingerprint density at radius 2 is 2.24 bits per heavy atom. The number of rotatable bonds is 5. The smallest absolute Gasteiger partial charge is 0.324 e. The van der Waals surface area contributed by atoms with Gasteiger partial charge in [-0.3, -0.25) is 9.69 Å². The standard InChI is InChI=1S/C12H24N2O3/c1-12(17-4)6-5-7-14(9-12)8-10(13-2)11(15)16-3/h10,13H,5-9H2,1-4H3. The molecule has 2 unspecified atom stereocenters. The summed E-state index contributed by atoms with van der Waals surface area (Å²) in [6, 6.07) is -0.265. The van der Waals surface area contributed by atoms with E-state index in [0.29, 0.717) is 6.54 Å². The first kappa shape index (κ1) is 14.4. The fraction of sp³-hybridized carbons (Fsp3) is 0.917. The summed E-state index contributed by atoms with van der Waals surface area (Å²) in [5.41, 5.74) is -0.0906. The van der Waals surface area contributed by atoms with Crippen LogP contribution >= 0.6 is 0 Å². The average Bonchev–Trinajstić information content (AvgIpc) is 2.35. The van der Waals surface area contributed by atoms with Gasteiger partial charge in [-0.25, -0.2) is 0 Å². The van der Waals surface area contributed by atoms with Gasteiger partial charge in [0.05, 0.1) is 12.7 Å². The molecule has 0 saturated carbocycles. The summed E-state index contributed by atoms with van der Waals surface area (Å²) in [7, 11) is 4.95. The van der Waals surface area contributed by atoms with Crippen molar-refractivity contribution >= 4 is 5.97 Å². The Hall–Kier alpha value is -0.650. The van der Waals surface area contributed by atoms with Crippen molar-refractivity contribution in [2.24, 2.45) is 0 Å². The van der Waals surface area contributed by atoms with E-state index in [1.165, 1.54) is 7.11 Å². The average molecular weight is 244 g/mol. The van der Waals surface area contributed by atoms with Gasteiger partial charge in [-0.1, -0.05) is 0 Å². The molecule has 5 nitrogen and oxygen atoms in total. The Bertz CT molecular complexity index is 260. The number of piperidine rings is 1. The molecule has 1 rings (SSSR count). The van der Waals surface area contributed by atoms with Crippen LogP contribution in [0.3, 0.4) is 0 Å².